The van der Waals surface area contributed by atoms with E-state index in [9.17, 15) is 28.4 Å². The molecule has 1 aliphatic heterocycles. The minimum Gasteiger partial charge on any atom is -0.481 e. The van der Waals surface area contributed by atoms with E-state index < -0.39 is 32.9 Å². The van der Waals surface area contributed by atoms with Gasteiger partial charge in [-0.15, -0.1) is 0 Å². The number of carboxylic acids is 1. The van der Waals surface area contributed by atoms with Crippen molar-refractivity contribution in [3.8, 4) is 0 Å². The number of sulfonamides is 1. The molecule has 0 saturated carbocycles. The Labute approximate surface area is 140 Å². The van der Waals surface area contributed by atoms with Crippen molar-refractivity contribution in [3.63, 3.8) is 0 Å². The highest BCUT2D eigenvalue weighted by atomic mass is 32.2. The van der Waals surface area contributed by atoms with Gasteiger partial charge in [0.15, 0.2) is 0 Å². The summed E-state index contributed by atoms with van der Waals surface area (Å²) < 4.78 is 27.1. The number of hydrogen-bond acceptors (Lipinski definition) is 5. The molecule has 1 N–H and O–H groups in total. The third-order valence-electron chi connectivity index (χ3n) is 4.52. The van der Waals surface area contributed by atoms with Crippen LogP contribution in [0.2, 0.25) is 0 Å². The highest BCUT2D eigenvalue weighted by Crippen LogP contribution is 2.33. The minimum absolute atomic E-state index is 0.141. The largest absolute Gasteiger partial charge is 0.481 e. The Bertz CT molecular complexity index is 789. The zero-order valence-electron chi connectivity index (χ0n) is 13.7. The van der Waals surface area contributed by atoms with Gasteiger partial charge in [-0.3, -0.25) is 14.9 Å². The number of aryl methyl sites for hydroxylation is 2. The van der Waals surface area contributed by atoms with Gasteiger partial charge in [-0.2, -0.15) is 4.31 Å². The molecule has 9 heteroatoms. The Morgan fingerprint density at radius 3 is 2.50 bits per heavy atom. The molecule has 0 amide bonds. The summed E-state index contributed by atoms with van der Waals surface area (Å²) in [7, 11) is -4.02. The highest BCUT2D eigenvalue weighted by molar-refractivity contribution is 7.89. The fourth-order valence-corrected chi connectivity index (χ4v) is 5.14. The predicted octanol–water partition coefficient (Wildman–Crippen LogP) is 2.09. The van der Waals surface area contributed by atoms with Crippen LogP contribution in [-0.2, 0) is 14.8 Å². The highest BCUT2D eigenvalue weighted by Gasteiger charge is 2.40. The first kappa shape index (κ1) is 18.3. The first-order valence-corrected chi connectivity index (χ1v) is 9.01. The van der Waals surface area contributed by atoms with Crippen molar-refractivity contribution in [1.29, 1.82) is 0 Å². The molecule has 0 spiro atoms. The zero-order chi connectivity index (χ0) is 18.2. The van der Waals surface area contributed by atoms with Crippen LogP contribution in [0.15, 0.2) is 17.0 Å². The van der Waals surface area contributed by atoms with E-state index in [4.69, 9.17) is 0 Å². The lowest BCUT2D eigenvalue weighted by atomic mass is 9.92. The second-order valence-corrected chi connectivity index (χ2v) is 7.96. The van der Waals surface area contributed by atoms with Crippen LogP contribution >= 0.6 is 0 Å². The lowest BCUT2D eigenvalue weighted by Crippen LogP contribution is -2.49. The Balaban J connectivity index is 2.52. The zero-order valence-corrected chi connectivity index (χ0v) is 14.5. The average Bonchev–Trinajstić information content (AvgIpc) is 2.46. The van der Waals surface area contributed by atoms with Crippen LogP contribution in [0.25, 0.3) is 0 Å². The van der Waals surface area contributed by atoms with Gasteiger partial charge in [0.1, 0.15) is 0 Å². The van der Waals surface area contributed by atoms with Gasteiger partial charge in [-0.05, 0) is 45.2 Å². The van der Waals surface area contributed by atoms with Crippen molar-refractivity contribution < 1.29 is 23.2 Å². The van der Waals surface area contributed by atoms with Crippen molar-refractivity contribution in [2.75, 3.05) is 6.54 Å². The van der Waals surface area contributed by atoms with Gasteiger partial charge in [0, 0.05) is 24.2 Å². The topological polar surface area (TPSA) is 118 Å². The van der Waals surface area contributed by atoms with E-state index in [2.05, 4.69) is 0 Å². The van der Waals surface area contributed by atoms with Gasteiger partial charge in [-0.1, -0.05) is 0 Å². The quantitative estimate of drug-likeness (QED) is 0.652. The standard InChI is InChI=1S/C15H20N2O6S/c1-9-7-10(2)14(8-13(9)17(20)21)24(22,23)16-6-4-5-12(11(16)3)15(18)19/h7-8,11-12H,4-6H2,1-3H3,(H,18,19)/t11-,12-/m1/s1. The fourth-order valence-electron chi connectivity index (χ4n) is 3.20. The van der Waals surface area contributed by atoms with Gasteiger partial charge in [0.05, 0.1) is 15.7 Å². The number of piperidine rings is 1. The SMILES string of the molecule is Cc1cc(C)c(S(=O)(=O)N2CCC[C@@H](C(=O)O)[C@H]2C)cc1[N+](=O)[O-]. The molecular formula is C15H20N2O6S. The maximum Gasteiger partial charge on any atom is 0.308 e. The van der Waals surface area contributed by atoms with Crippen molar-refractivity contribution in [3.05, 3.63) is 33.4 Å². The number of nitro benzene ring substituents is 1. The molecule has 0 bridgehead atoms. The van der Waals surface area contributed by atoms with Crippen LogP contribution in [0.5, 0.6) is 0 Å². The average molecular weight is 356 g/mol. The van der Waals surface area contributed by atoms with E-state index in [1.54, 1.807) is 20.8 Å². The number of aliphatic carboxylic acids is 1. The number of benzene rings is 1. The maximum atomic E-state index is 13.0. The summed E-state index contributed by atoms with van der Waals surface area (Å²) in [6.45, 7) is 4.89. The predicted molar refractivity (Wildman–Crippen MR) is 86.3 cm³/mol. The molecule has 132 valence electrons. The summed E-state index contributed by atoms with van der Waals surface area (Å²) in [5.41, 5.74) is 0.521. The molecule has 1 aliphatic rings. The fraction of sp³-hybridized carbons (Fsp3) is 0.533. The lowest BCUT2D eigenvalue weighted by molar-refractivity contribution is -0.385. The second kappa shape index (κ2) is 6.48. The molecule has 1 aromatic carbocycles. The van der Waals surface area contributed by atoms with Gasteiger partial charge in [0.25, 0.3) is 5.69 Å². The van der Waals surface area contributed by atoms with E-state index in [0.29, 0.717) is 24.0 Å². The van der Waals surface area contributed by atoms with Crippen LogP contribution in [-0.4, -0.2) is 41.3 Å². The third-order valence-corrected chi connectivity index (χ3v) is 6.65. The van der Waals surface area contributed by atoms with E-state index in [-0.39, 0.29) is 17.1 Å². The summed E-state index contributed by atoms with van der Waals surface area (Å²) in [6, 6.07) is 1.83. The molecule has 8 nitrogen and oxygen atoms in total. The van der Waals surface area contributed by atoms with Crippen molar-refractivity contribution in [2.24, 2.45) is 5.92 Å². The number of nitrogens with zero attached hydrogens (tertiary/aromatic N) is 2. The van der Waals surface area contributed by atoms with Crippen LogP contribution in [0, 0.1) is 29.9 Å². The Morgan fingerprint density at radius 1 is 1.33 bits per heavy atom. The lowest BCUT2D eigenvalue weighted by Gasteiger charge is -2.36. The summed E-state index contributed by atoms with van der Waals surface area (Å²) in [4.78, 5) is 21.7. The van der Waals surface area contributed by atoms with Gasteiger partial charge in [-0.25, -0.2) is 8.42 Å². The summed E-state index contributed by atoms with van der Waals surface area (Å²) in [5.74, 6) is -1.82. The van der Waals surface area contributed by atoms with E-state index >= 15 is 0 Å². The Morgan fingerprint density at radius 2 is 1.96 bits per heavy atom. The van der Waals surface area contributed by atoms with Crippen molar-refractivity contribution in [2.45, 2.75) is 44.6 Å². The van der Waals surface area contributed by atoms with Crippen molar-refractivity contribution in [1.82, 2.24) is 4.31 Å². The van der Waals surface area contributed by atoms with E-state index in [1.165, 1.54) is 6.07 Å². The van der Waals surface area contributed by atoms with Gasteiger partial charge >= 0.3 is 5.97 Å². The molecule has 0 aromatic heterocycles. The second-order valence-electron chi connectivity index (χ2n) is 6.10. The number of carbonyl (C=O) groups is 1. The van der Waals surface area contributed by atoms with Gasteiger partial charge < -0.3 is 5.11 Å². The molecule has 1 aromatic rings. The molecule has 1 fully saturated rings. The van der Waals surface area contributed by atoms with Gasteiger partial charge in [0.2, 0.25) is 10.0 Å². The summed E-state index contributed by atoms with van der Waals surface area (Å²) in [5, 5.41) is 20.4. The van der Waals surface area contributed by atoms with Crippen molar-refractivity contribution >= 4 is 21.7 Å². The molecule has 0 radical (unpaired) electrons. The summed E-state index contributed by atoms with van der Waals surface area (Å²) in [6.07, 6.45) is 0.850. The number of rotatable bonds is 4. The van der Waals surface area contributed by atoms with Crippen LogP contribution in [0.3, 0.4) is 0 Å². The monoisotopic (exact) mass is 356 g/mol. The smallest absolute Gasteiger partial charge is 0.308 e. The molecule has 24 heavy (non-hydrogen) atoms. The molecule has 1 heterocycles. The van der Waals surface area contributed by atoms with Crippen LogP contribution < -0.4 is 0 Å². The first-order chi connectivity index (χ1) is 11.1. The van der Waals surface area contributed by atoms with E-state index in [0.717, 1.165) is 10.4 Å². The normalized spacial score (nSPS) is 22.3. The van der Waals surface area contributed by atoms with Crippen LogP contribution in [0.1, 0.15) is 30.9 Å². The molecule has 2 rings (SSSR count). The Kier molecular flexibility index (Phi) is 4.95. The number of hydrogen-bond donors (Lipinski definition) is 1. The first-order valence-electron chi connectivity index (χ1n) is 7.57. The molecule has 2 atom stereocenters. The van der Waals surface area contributed by atoms with E-state index in [1.807, 2.05) is 0 Å². The molecule has 0 aliphatic carbocycles. The summed E-state index contributed by atoms with van der Waals surface area (Å²) >= 11 is 0. The third kappa shape index (κ3) is 3.13. The minimum atomic E-state index is -4.02. The van der Waals surface area contributed by atoms with Crippen LogP contribution in [0.4, 0.5) is 5.69 Å². The molecular weight excluding hydrogens is 336 g/mol. The number of carboxylic acid groups (broad SMARTS) is 1. The maximum absolute atomic E-state index is 13.0. The molecule has 1 saturated heterocycles. The Hall–Kier alpha value is -2.00. The molecule has 0 unspecified atom stereocenters. The number of nitro groups is 1.